The van der Waals surface area contributed by atoms with E-state index < -0.39 is 0 Å². The highest BCUT2D eigenvalue weighted by Crippen LogP contribution is 2.19. The molecule has 0 amide bonds. The van der Waals surface area contributed by atoms with Gasteiger partial charge < -0.3 is 10.1 Å². The predicted octanol–water partition coefficient (Wildman–Crippen LogP) is 4.54. The minimum atomic E-state index is -0.224. The maximum Gasteiger partial charge on any atom is 0.125 e. The molecule has 3 heteroatoms. The molecule has 0 atom stereocenters. The number of aryl methyl sites for hydroxylation is 1. The van der Waals surface area contributed by atoms with Gasteiger partial charge in [0.25, 0.3) is 0 Å². The zero-order valence-electron chi connectivity index (χ0n) is 11.9. The van der Waals surface area contributed by atoms with Crippen LogP contribution in [-0.4, -0.2) is 6.61 Å². The van der Waals surface area contributed by atoms with Crippen LogP contribution in [0, 0.1) is 12.7 Å². The van der Waals surface area contributed by atoms with Crippen LogP contribution in [-0.2, 0) is 6.54 Å². The van der Waals surface area contributed by atoms with Crippen molar-refractivity contribution >= 4 is 5.69 Å². The summed E-state index contributed by atoms with van der Waals surface area (Å²) in [6.07, 6.45) is 0.991. The van der Waals surface area contributed by atoms with Gasteiger partial charge in [0.15, 0.2) is 0 Å². The van der Waals surface area contributed by atoms with Crippen LogP contribution in [0.15, 0.2) is 42.5 Å². The van der Waals surface area contributed by atoms with Gasteiger partial charge in [0.05, 0.1) is 6.61 Å². The molecule has 2 aromatic rings. The fraction of sp³-hybridized carbons (Fsp3) is 0.294. The predicted molar refractivity (Wildman–Crippen MR) is 80.7 cm³/mol. The normalized spacial score (nSPS) is 10.3. The summed E-state index contributed by atoms with van der Waals surface area (Å²) < 4.78 is 18.8. The van der Waals surface area contributed by atoms with Crippen LogP contribution in [0.1, 0.15) is 24.5 Å². The number of hydrogen-bond acceptors (Lipinski definition) is 2. The lowest BCUT2D eigenvalue weighted by Crippen LogP contribution is -2.02. The molecule has 0 radical (unpaired) electrons. The van der Waals surface area contributed by atoms with Gasteiger partial charge in [-0.05, 0) is 48.7 Å². The smallest absolute Gasteiger partial charge is 0.125 e. The molecule has 20 heavy (non-hydrogen) atoms. The highest BCUT2D eigenvalue weighted by Gasteiger charge is 2.01. The van der Waals surface area contributed by atoms with Crippen molar-refractivity contribution < 1.29 is 9.13 Å². The molecule has 0 unspecified atom stereocenters. The van der Waals surface area contributed by atoms with Gasteiger partial charge in [-0.15, -0.1) is 0 Å². The van der Waals surface area contributed by atoms with Gasteiger partial charge in [-0.1, -0.05) is 25.1 Å². The molecule has 0 fully saturated rings. The first-order valence-corrected chi connectivity index (χ1v) is 6.91. The van der Waals surface area contributed by atoms with Gasteiger partial charge in [0.1, 0.15) is 11.6 Å². The van der Waals surface area contributed by atoms with Crippen LogP contribution >= 0.6 is 0 Å². The fourth-order valence-electron chi connectivity index (χ4n) is 1.95. The lowest BCUT2D eigenvalue weighted by Gasteiger charge is -2.11. The van der Waals surface area contributed by atoms with E-state index in [1.54, 1.807) is 6.07 Å². The van der Waals surface area contributed by atoms with Crippen LogP contribution < -0.4 is 10.1 Å². The van der Waals surface area contributed by atoms with E-state index in [4.69, 9.17) is 4.74 Å². The largest absolute Gasteiger partial charge is 0.494 e. The van der Waals surface area contributed by atoms with Crippen LogP contribution in [0.5, 0.6) is 5.75 Å². The Morgan fingerprint density at radius 1 is 1.15 bits per heavy atom. The molecular weight excluding hydrogens is 253 g/mol. The van der Waals surface area contributed by atoms with E-state index >= 15 is 0 Å². The maximum atomic E-state index is 13.2. The zero-order chi connectivity index (χ0) is 14.4. The first-order valence-electron chi connectivity index (χ1n) is 6.91. The number of rotatable bonds is 6. The molecule has 0 aromatic heterocycles. The summed E-state index contributed by atoms with van der Waals surface area (Å²) in [5.74, 6) is 0.653. The SMILES string of the molecule is CCCOc1cccc(CNc2cc(F)ccc2C)c1. The number of anilines is 1. The lowest BCUT2D eigenvalue weighted by atomic mass is 10.1. The maximum absolute atomic E-state index is 13.2. The van der Waals surface area contributed by atoms with E-state index in [9.17, 15) is 4.39 Å². The van der Waals surface area contributed by atoms with Crippen LogP contribution in [0.4, 0.5) is 10.1 Å². The van der Waals surface area contributed by atoms with Crippen molar-refractivity contribution in [1.82, 2.24) is 0 Å². The van der Waals surface area contributed by atoms with Gasteiger partial charge in [0.2, 0.25) is 0 Å². The van der Waals surface area contributed by atoms with Crippen LogP contribution in [0.3, 0.4) is 0 Å². The summed E-state index contributed by atoms with van der Waals surface area (Å²) in [5, 5.41) is 3.26. The fourth-order valence-corrected chi connectivity index (χ4v) is 1.95. The Morgan fingerprint density at radius 3 is 2.80 bits per heavy atom. The molecule has 0 saturated carbocycles. The lowest BCUT2D eigenvalue weighted by molar-refractivity contribution is 0.317. The van der Waals surface area contributed by atoms with Crippen molar-refractivity contribution in [2.24, 2.45) is 0 Å². The molecule has 0 heterocycles. The molecule has 106 valence electrons. The third-order valence-electron chi connectivity index (χ3n) is 3.05. The first-order chi connectivity index (χ1) is 9.69. The van der Waals surface area contributed by atoms with Crippen LogP contribution in [0.25, 0.3) is 0 Å². The number of halogens is 1. The molecule has 0 spiro atoms. The summed E-state index contributed by atoms with van der Waals surface area (Å²) in [6.45, 7) is 5.41. The summed E-state index contributed by atoms with van der Waals surface area (Å²) in [7, 11) is 0. The molecule has 2 aromatic carbocycles. The zero-order valence-corrected chi connectivity index (χ0v) is 11.9. The highest BCUT2D eigenvalue weighted by molar-refractivity contribution is 5.51. The molecular formula is C17H20FNO. The summed E-state index contributed by atoms with van der Waals surface area (Å²) >= 11 is 0. The molecule has 0 aliphatic heterocycles. The third kappa shape index (κ3) is 3.98. The number of ether oxygens (including phenoxy) is 1. The van der Waals surface area contributed by atoms with Gasteiger partial charge in [-0.25, -0.2) is 4.39 Å². The Kier molecular flexibility index (Phi) is 4.99. The second kappa shape index (κ2) is 6.94. The minimum Gasteiger partial charge on any atom is -0.494 e. The summed E-state index contributed by atoms with van der Waals surface area (Å²) in [5.41, 5.74) is 2.97. The standard InChI is InChI=1S/C17H20FNO/c1-3-9-20-16-6-4-5-14(10-16)12-19-17-11-15(18)8-7-13(17)2/h4-8,10-11,19H,3,9,12H2,1-2H3. The van der Waals surface area contributed by atoms with Crippen LogP contribution in [0.2, 0.25) is 0 Å². The molecule has 2 rings (SSSR count). The second-order valence-electron chi connectivity index (χ2n) is 4.81. The van der Waals surface area contributed by atoms with E-state index in [-0.39, 0.29) is 5.82 Å². The average Bonchev–Trinajstić information content (AvgIpc) is 2.46. The topological polar surface area (TPSA) is 21.3 Å². The van der Waals surface area contributed by atoms with E-state index in [0.29, 0.717) is 6.54 Å². The monoisotopic (exact) mass is 273 g/mol. The third-order valence-corrected chi connectivity index (χ3v) is 3.05. The minimum absolute atomic E-state index is 0.224. The Labute approximate surface area is 119 Å². The van der Waals surface area contributed by atoms with Crippen molar-refractivity contribution in [3.8, 4) is 5.75 Å². The number of benzene rings is 2. The van der Waals surface area contributed by atoms with E-state index in [2.05, 4.69) is 12.2 Å². The van der Waals surface area contributed by atoms with E-state index in [1.807, 2.05) is 31.2 Å². The average molecular weight is 273 g/mol. The van der Waals surface area contributed by atoms with E-state index in [0.717, 1.165) is 35.6 Å². The van der Waals surface area contributed by atoms with Crippen molar-refractivity contribution in [2.45, 2.75) is 26.8 Å². The molecule has 0 saturated heterocycles. The Balaban J connectivity index is 2.01. The Bertz CT molecular complexity index is 569. The second-order valence-corrected chi connectivity index (χ2v) is 4.81. The molecule has 0 bridgehead atoms. The molecule has 0 aliphatic carbocycles. The number of hydrogen-bond donors (Lipinski definition) is 1. The van der Waals surface area contributed by atoms with Crippen molar-refractivity contribution in [3.63, 3.8) is 0 Å². The molecule has 0 aliphatic rings. The van der Waals surface area contributed by atoms with Crippen molar-refractivity contribution in [2.75, 3.05) is 11.9 Å². The first kappa shape index (κ1) is 14.4. The summed E-state index contributed by atoms with van der Waals surface area (Å²) in [6, 6.07) is 12.7. The van der Waals surface area contributed by atoms with Crippen molar-refractivity contribution in [3.05, 3.63) is 59.4 Å². The molecule has 2 nitrogen and oxygen atoms in total. The Hall–Kier alpha value is -2.03. The van der Waals surface area contributed by atoms with Gasteiger partial charge in [0, 0.05) is 12.2 Å². The van der Waals surface area contributed by atoms with Crippen molar-refractivity contribution in [1.29, 1.82) is 0 Å². The molecule has 1 N–H and O–H groups in total. The van der Waals surface area contributed by atoms with Gasteiger partial charge in [-0.2, -0.15) is 0 Å². The van der Waals surface area contributed by atoms with Gasteiger partial charge >= 0.3 is 0 Å². The quantitative estimate of drug-likeness (QED) is 0.834. The van der Waals surface area contributed by atoms with E-state index in [1.165, 1.54) is 12.1 Å². The Morgan fingerprint density at radius 2 is 2.00 bits per heavy atom. The number of nitrogens with one attached hydrogen (secondary N) is 1. The summed E-state index contributed by atoms with van der Waals surface area (Å²) in [4.78, 5) is 0. The van der Waals surface area contributed by atoms with Gasteiger partial charge in [-0.3, -0.25) is 0 Å². The highest BCUT2D eigenvalue weighted by atomic mass is 19.1.